The minimum Gasteiger partial charge on any atom is -0.347 e. The van der Waals surface area contributed by atoms with E-state index in [1.165, 1.54) is 0 Å². The van der Waals surface area contributed by atoms with Crippen molar-refractivity contribution in [2.24, 2.45) is 0 Å². The van der Waals surface area contributed by atoms with E-state index in [9.17, 15) is 14.4 Å². The van der Waals surface area contributed by atoms with Gasteiger partial charge in [0.05, 0.1) is 6.42 Å². The molecule has 1 aromatic rings. The van der Waals surface area contributed by atoms with E-state index < -0.39 is 5.91 Å². The van der Waals surface area contributed by atoms with E-state index in [1.54, 1.807) is 6.07 Å². The SMILES string of the molecule is CCCCc1cc(=O)c2c(n1CCC)CC(=O)NC2=O. The number of fused-ring (bicyclic) bond motifs is 1. The molecule has 20 heavy (non-hydrogen) atoms. The number of carbonyl (C=O) groups is 2. The first-order valence-corrected chi connectivity index (χ1v) is 7.18. The van der Waals surface area contributed by atoms with Gasteiger partial charge in [-0.15, -0.1) is 0 Å². The largest absolute Gasteiger partial charge is 0.347 e. The summed E-state index contributed by atoms with van der Waals surface area (Å²) < 4.78 is 1.99. The molecule has 2 amide bonds. The first-order chi connectivity index (χ1) is 9.58. The maximum Gasteiger partial charge on any atom is 0.263 e. The molecule has 5 heteroatoms. The molecule has 2 rings (SSSR count). The van der Waals surface area contributed by atoms with Crippen LogP contribution < -0.4 is 10.7 Å². The maximum absolute atomic E-state index is 12.1. The first kappa shape index (κ1) is 14.5. The third-order valence-electron chi connectivity index (χ3n) is 3.55. The van der Waals surface area contributed by atoms with Gasteiger partial charge in [-0.2, -0.15) is 0 Å². The molecule has 0 spiro atoms. The summed E-state index contributed by atoms with van der Waals surface area (Å²) in [6, 6.07) is 1.56. The average Bonchev–Trinajstić information content (AvgIpc) is 2.39. The molecule has 0 saturated heterocycles. The van der Waals surface area contributed by atoms with E-state index in [4.69, 9.17) is 0 Å². The lowest BCUT2D eigenvalue weighted by Gasteiger charge is -2.23. The number of nitrogens with zero attached hydrogens (tertiary/aromatic N) is 1. The minimum absolute atomic E-state index is 0.107. The van der Waals surface area contributed by atoms with E-state index >= 15 is 0 Å². The van der Waals surface area contributed by atoms with Crippen molar-refractivity contribution >= 4 is 11.8 Å². The van der Waals surface area contributed by atoms with Crippen LogP contribution in [0.2, 0.25) is 0 Å². The number of aryl methyl sites for hydroxylation is 1. The monoisotopic (exact) mass is 276 g/mol. The van der Waals surface area contributed by atoms with Crippen molar-refractivity contribution in [2.45, 2.75) is 52.5 Å². The number of amides is 2. The van der Waals surface area contributed by atoms with Crippen molar-refractivity contribution < 1.29 is 9.59 Å². The maximum atomic E-state index is 12.1. The fourth-order valence-electron chi connectivity index (χ4n) is 2.63. The molecule has 0 atom stereocenters. The van der Waals surface area contributed by atoms with Crippen LogP contribution in [0.25, 0.3) is 0 Å². The predicted molar refractivity (Wildman–Crippen MR) is 75.8 cm³/mol. The summed E-state index contributed by atoms with van der Waals surface area (Å²) in [5.41, 5.74) is 1.38. The van der Waals surface area contributed by atoms with Crippen LogP contribution in [0, 0.1) is 0 Å². The van der Waals surface area contributed by atoms with E-state index in [2.05, 4.69) is 12.2 Å². The summed E-state index contributed by atoms with van der Waals surface area (Å²) in [6.07, 6.45) is 3.83. The second-order valence-electron chi connectivity index (χ2n) is 5.13. The number of hydrogen-bond acceptors (Lipinski definition) is 3. The van der Waals surface area contributed by atoms with E-state index in [1.807, 2.05) is 11.5 Å². The summed E-state index contributed by atoms with van der Waals surface area (Å²) in [4.78, 5) is 35.6. The Kier molecular flexibility index (Phi) is 4.37. The average molecular weight is 276 g/mol. The molecule has 0 aliphatic carbocycles. The minimum atomic E-state index is -0.562. The Morgan fingerprint density at radius 2 is 1.95 bits per heavy atom. The van der Waals surface area contributed by atoms with Crippen LogP contribution in [-0.4, -0.2) is 16.4 Å². The summed E-state index contributed by atoms with van der Waals surface area (Å²) in [6.45, 7) is 4.86. The van der Waals surface area contributed by atoms with Crippen LogP contribution in [-0.2, 0) is 24.2 Å². The van der Waals surface area contributed by atoms with Gasteiger partial charge in [-0.25, -0.2) is 0 Å². The van der Waals surface area contributed by atoms with E-state index in [0.29, 0.717) is 5.69 Å². The van der Waals surface area contributed by atoms with Gasteiger partial charge in [-0.1, -0.05) is 20.3 Å². The van der Waals surface area contributed by atoms with Gasteiger partial charge in [0, 0.05) is 24.0 Å². The van der Waals surface area contributed by atoms with Crippen LogP contribution in [0.5, 0.6) is 0 Å². The highest BCUT2D eigenvalue weighted by Gasteiger charge is 2.28. The van der Waals surface area contributed by atoms with Crippen molar-refractivity contribution in [3.63, 3.8) is 0 Å². The number of hydrogen-bond donors (Lipinski definition) is 1. The molecule has 1 aromatic heterocycles. The van der Waals surface area contributed by atoms with Gasteiger partial charge in [-0.05, 0) is 19.3 Å². The molecule has 0 unspecified atom stereocenters. The summed E-state index contributed by atoms with van der Waals surface area (Å²) >= 11 is 0. The highest BCUT2D eigenvalue weighted by molar-refractivity contribution is 6.09. The lowest BCUT2D eigenvalue weighted by Crippen LogP contribution is -2.43. The normalized spacial score (nSPS) is 14.1. The molecule has 1 aliphatic heterocycles. The van der Waals surface area contributed by atoms with E-state index in [-0.39, 0.29) is 23.3 Å². The van der Waals surface area contributed by atoms with Crippen molar-refractivity contribution in [2.75, 3.05) is 0 Å². The molecular weight excluding hydrogens is 256 g/mol. The zero-order valence-electron chi connectivity index (χ0n) is 12.0. The summed E-state index contributed by atoms with van der Waals surface area (Å²) in [5, 5.41) is 2.22. The Hall–Kier alpha value is -1.91. The molecular formula is C15H20N2O3. The Morgan fingerprint density at radius 1 is 1.20 bits per heavy atom. The molecule has 108 valence electrons. The van der Waals surface area contributed by atoms with Gasteiger partial charge in [0.2, 0.25) is 5.91 Å². The first-order valence-electron chi connectivity index (χ1n) is 7.18. The topological polar surface area (TPSA) is 68.2 Å². The third-order valence-corrected chi connectivity index (χ3v) is 3.55. The zero-order valence-corrected chi connectivity index (χ0v) is 12.0. The highest BCUT2D eigenvalue weighted by atomic mass is 16.2. The molecule has 1 aliphatic rings. The Bertz CT molecular complexity index is 602. The number of nitrogens with one attached hydrogen (secondary N) is 1. The second-order valence-corrected chi connectivity index (χ2v) is 5.13. The van der Waals surface area contributed by atoms with E-state index in [0.717, 1.165) is 37.9 Å². The van der Waals surface area contributed by atoms with Crippen LogP contribution >= 0.6 is 0 Å². The van der Waals surface area contributed by atoms with Crippen LogP contribution in [0.4, 0.5) is 0 Å². The summed E-state index contributed by atoms with van der Waals surface area (Å²) in [7, 11) is 0. The number of rotatable bonds is 5. The fraction of sp³-hybridized carbons (Fsp3) is 0.533. The van der Waals surface area contributed by atoms with Gasteiger partial charge in [0.25, 0.3) is 5.91 Å². The standard InChI is InChI=1S/C15H20N2O3/c1-3-5-6-10-8-12(18)14-11(17(10)7-4-2)9-13(19)16-15(14)20/h8H,3-7,9H2,1-2H3,(H,16,19,20). The van der Waals surface area contributed by atoms with Crippen molar-refractivity contribution in [1.29, 1.82) is 0 Å². The fourth-order valence-corrected chi connectivity index (χ4v) is 2.63. The smallest absolute Gasteiger partial charge is 0.263 e. The number of carbonyl (C=O) groups excluding carboxylic acids is 2. The molecule has 0 aromatic carbocycles. The van der Waals surface area contributed by atoms with Crippen molar-refractivity contribution in [3.05, 3.63) is 33.2 Å². The quantitative estimate of drug-likeness (QED) is 0.827. The third kappa shape index (κ3) is 2.66. The Labute approximate surface area is 118 Å². The molecule has 1 N–H and O–H groups in total. The molecule has 0 bridgehead atoms. The van der Waals surface area contributed by atoms with Crippen LogP contribution in [0.3, 0.4) is 0 Å². The number of imide groups is 1. The number of unbranched alkanes of at least 4 members (excludes halogenated alkanes) is 1. The molecule has 0 fully saturated rings. The van der Waals surface area contributed by atoms with Gasteiger partial charge in [-0.3, -0.25) is 19.7 Å². The van der Waals surface area contributed by atoms with Crippen LogP contribution in [0.1, 0.15) is 54.9 Å². The van der Waals surface area contributed by atoms with Crippen molar-refractivity contribution in [1.82, 2.24) is 9.88 Å². The number of aromatic nitrogens is 1. The Morgan fingerprint density at radius 3 is 2.60 bits per heavy atom. The molecule has 5 nitrogen and oxygen atoms in total. The molecule has 2 heterocycles. The highest BCUT2D eigenvalue weighted by Crippen LogP contribution is 2.16. The van der Waals surface area contributed by atoms with Crippen molar-refractivity contribution in [3.8, 4) is 0 Å². The Balaban J connectivity index is 2.59. The predicted octanol–water partition coefficient (Wildman–Crippen LogP) is 1.41. The lowest BCUT2D eigenvalue weighted by atomic mass is 10.0. The second kappa shape index (κ2) is 6.03. The molecule has 0 saturated carbocycles. The van der Waals surface area contributed by atoms with Crippen LogP contribution in [0.15, 0.2) is 10.9 Å². The zero-order chi connectivity index (χ0) is 14.7. The number of pyridine rings is 1. The van der Waals surface area contributed by atoms with Gasteiger partial charge in [0.1, 0.15) is 5.56 Å². The summed E-state index contributed by atoms with van der Waals surface area (Å²) in [5.74, 6) is -0.896. The lowest BCUT2D eigenvalue weighted by molar-refractivity contribution is -0.119. The molecule has 0 radical (unpaired) electrons. The van der Waals surface area contributed by atoms with Gasteiger partial charge in [0.15, 0.2) is 5.43 Å². The van der Waals surface area contributed by atoms with Gasteiger partial charge < -0.3 is 4.57 Å². The van der Waals surface area contributed by atoms with Gasteiger partial charge >= 0.3 is 0 Å².